The topological polar surface area (TPSA) is 50.2 Å². The summed E-state index contributed by atoms with van der Waals surface area (Å²) in [6.45, 7) is 2.02. The van der Waals surface area contributed by atoms with Crippen LogP contribution in [0, 0.1) is 6.92 Å². The van der Waals surface area contributed by atoms with Crippen LogP contribution in [0.2, 0.25) is 0 Å². The molecule has 1 heterocycles. The molecule has 0 atom stereocenters. The van der Waals surface area contributed by atoms with Gasteiger partial charge in [0.15, 0.2) is 0 Å². The maximum absolute atomic E-state index is 10.7. The standard InChI is InChI=1S/C12H11NO2S/c1-8-2-4-9(5-3-8)12-10(6-11(14)15)16-7-13-12/h2-5,7H,6H2,1H3,(H,14,15). The molecule has 0 saturated heterocycles. The lowest BCUT2D eigenvalue weighted by molar-refractivity contribution is -0.136. The largest absolute Gasteiger partial charge is 0.481 e. The second-order valence-corrected chi connectivity index (χ2v) is 4.50. The molecule has 0 fully saturated rings. The van der Waals surface area contributed by atoms with Gasteiger partial charge in [0, 0.05) is 10.4 Å². The van der Waals surface area contributed by atoms with E-state index >= 15 is 0 Å². The fourth-order valence-electron chi connectivity index (χ4n) is 1.48. The monoisotopic (exact) mass is 233 g/mol. The van der Waals surface area contributed by atoms with E-state index in [4.69, 9.17) is 5.11 Å². The van der Waals surface area contributed by atoms with Crippen LogP contribution in [-0.4, -0.2) is 16.1 Å². The van der Waals surface area contributed by atoms with Gasteiger partial charge in [-0.15, -0.1) is 11.3 Å². The number of rotatable bonds is 3. The van der Waals surface area contributed by atoms with Crippen LogP contribution >= 0.6 is 11.3 Å². The fourth-order valence-corrected chi connectivity index (χ4v) is 2.25. The van der Waals surface area contributed by atoms with Crippen LogP contribution < -0.4 is 0 Å². The van der Waals surface area contributed by atoms with E-state index in [1.54, 1.807) is 5.51 Å². The quantitative estimate of drug-likeness (QED) is 0.886. The molecule has 16 heavy (non-hydrogen) atoms. The van der Waals surface area contributed by atoms with E-state index in [9.17, 15) is 4.79 Å². The predicted octanol–water partition coefficient (Wildman–Crippen LogP) is 2.75. The van der Waals surface area contributed by atoms with Crippen LogP contribution in [0.15, 0.2) is 29.8 Å². The highest BCUT2D eigenvalue weighted by molar-refractivity contribution is 7.10. The van der Waals surface area contributed by atoms with Crippen molar-refractivity contribution in [3.8, 4) is 11.3 Å². The number of aliphatic carboxylic acids is 1. The van der Waals surface area contributed by atoms with Crippen molar-refractivity contribution in [1.82, 2.24) is 4.98 Å². The van der Waals surface area contributed by atoms with E-state index < -0.39 is 5.97 Å². The van der Waals surface area contributed by atoms with Crippen LogP contribution in [-0.2, 0) is 11.2 Å². The highest BCUT2D eigenvalue weighted by atomic mass is 32.1. The minimum atomic E-state index is -0.822. The third-order valence-electron chi connectivity index (χ3n) is 2.28. The first-order valence-electron chi connectivity index (χ1n) is 4.88. The van der Waals surface area contributed by atoms with Crippen molar-refractivity contribution in [3.05, 3.63) is 40.2 Å². The zero-order valence-corrected chi connectivity index (χ0v) is 9.62. The van der Waals surface area contributed by atoms with Crippen LogP contribution in [0.3, 0.4) is 0 Å². The highest BCUT2D eigenvalue weighted by Gasteiger charge is 2.11. The van der Waals surface area contributed by atoms with Crippen molar-refractivity contribution in [2.24, 2.45) is 0 Å². The molecular formula is C12H11NO2S. The Labute approximate surface area is 97.4 Å². The Bertz CT molecular complexity index is 502. The molecule has 0 radical (unpaired) electrons. The maximum atomic E-state index is 10.7. The number of hydrogen-bond acceptors (Lipinski definition) is 3. The van der Waals surface area contributed by atoms with E-state index in [0.717, 1.165) is 16.1 Å². The van der Waals surface area contributed by atoms with Gasteiger partial charge in [0.1, 0.15) is 0 Å². The van der Waals surface area contributed by atoms with Crippen LogP contribution in [0.1, 0.15) is 10.4 Å². The minimum absolute atomic E-state index is 0.0356. The summed E-state index contributed by atoms with van der Waals surface area (Å²) >= 11 is 1.38. The summed E-state index contributed by atoms with van der Waals surface area (Å²) in [5.74, 6) is -0.822. The van der Waals surface area contributed by atoms with Crippen molar-refractivity contribution < 1.29 is 9.90 Å². The van der Waals surface area contributed by atoms with Crippen LogP contribution in [0.4, 0.5) is 0 Å². The molecule has 2 aromatic rings. The third kappa shape index (κ3) is 2.28. The van der Waals surface area contributed by atoms with Gasteiger partial charge >= 0.3 is 5.97 Å². The lowest BCUT2D eigenvalue weighted by atomic mass is 10.1. The average Bonchev–Trinajstić information content (AvgIpc) is 2.66. The number of carboxylic acids is 1. The molecule has 0 spiro atoms. The molecule has 0 saturated carbocycles. The summed E-state index contributed by atoms with van der Waals surface area (Å²) < 4.78 is 0. The predicted molar refractivity (Wildman–Crippen MR) is 63.6 cm³/mol. The smallest absolute Gasteiger partial charge is 0.308 e. The normalized spacial score (nSPS) is 10.3. The Hall–Kier alpha value is -1.68. The lowest BCUT2D eigenvalue weighted by Crippen LogP contribution is -1.99. The summed E-state index contributed by atoms with van der Waals surface area (Å²) in [6.07, 6.45) is 0.0356. The first-order chi connectivity index (χ1) is 7.66. The summed E-state index contributed by atoms with van der Waals surface area (Å²) in [5.41, 5.74) is 4.63. The van der Waals surface area contributed by atoms with E-state index in [-0.39, 0.29) is 6.42 Å². The Morgan fingerprint density at radius 2 is 2.06 bits per heavy atom. The van der Waals surface area contributed by atoms with Crippen LogP contribution in [0.25, 0.3) is 11.3 Å². The molecule has 0 bridgehead atoms. The Morgan fingerprint density at radius 3 is 2.69 bits per heavy atom. The van der Waals surface area contributed by atoms with Gasteiger partial charge in [0.05, 0.1) is 17.6 Å². The van der Waals surface area contributed by atoms with E-state index in [2.05, 4.69) is 4.98 Å². The lowest BCUT2D eigenvalue weighted by Gasteiger charge is -2.01. The van der Waals surface area contributed by atoms with E-state index in [1.807, 2.05) is 31.2 Å². The number of aryl methyl sites for hydroxylation is 1. The van der Waals surface area contributed by atoms with Gasteiger partial charge in [-0.05, 0) is 6.92 Å². The van der Waals surface area contributed by atoms with Gasteiger partial charge in [-0.2, -0.15) is 0 Å². The van der Waals surface area contributed by atoms with Gasteiger partial charge in [0.25, 0.3) is 0 Å². The first kappa shape index (κ1) is 10.8. The number of benzene rings is 1. The Kier molecular flexibility index (Phi) is 3.01. The molecule has 4 heteroatoms. The second kappa shape index (κ2) is 4.45. The Balaban J connectivity index is 2.36. The zero-order chi connectivity index (χ0) is 11.5. The van der Waals surface area contributed by atoms with E-state index in [0.29, 0.717) is 0 Å². The molecule has 0 unspecified atom stereocenters. The number of aromatic nitrogens is 1. The maximum Gasteiger partial charge on any atom is 0.308 e. The van der Waals surface area contributed by atoms with Crippen molar-refractivity contribution in [2.45, 2.75) is 13.3 Å². The molecular weight excluding hydrogens is 222 g/mol. The van der Waals surface area contributed by atoms with Crippen molar-refractivity contribution in [2.75, 3.05) is 0 Å². The minimum Gasteiger partial charge on any atom is -0.481 e. The zero-order valence-electron chi connectivity index (χ0n) is 8.80. The SMILES string of the molecule is Cc1ccc(-c2ncsc2CC(=O)O)cc1. The molecule has 0 amide bonds. The van der Waals surface area contributed by atoms with Crippen LogP contribution in [0.5, 0.6) is 0 Å². The van der Waals surface area contributed by atoms with E-state index in [1.165, 1.54) is 16.9 Å². The fraction of sp³-hybridized carbons (Fsp3) is 0.167. The van der Waals surface area contributed by atoms with Gasteiger partial charge in [0.2, 0.25) is 0 Å². The van der Waals surface area contributed by atoms with Crippen molar-refractivity contribution >= 4 is 17.3 Å². The summed E-state index contributed by atoms with van der Waals surface area (Å²) in [6, 6.07) is 7.93. The number of thiazole rings is 1. The van der Waals surface area contributed by atoms with Gasteiger partial charge in [-0.1, -0.05) is 29.8 Å². The number of hydrogen-bond donors (Lipinski definition) is 1. The Morgan fingerprint density at radius 1 is 1.38 bits per heavy atom. The van der Waals surface area contributed by atoms with Gasteiger partial charge in [-0.3, -0.25) is 4.79 Å². The first-order valence-corrected chi connectivity index (χ1v) is 5.76. The molecule has 3 nitrogen and oxygen atoms in total. The summed E-state index contributed by atoms with van der Waals surface area (Å²) in [5, 5.41) is 8.78. The molecule has 1 aromatic carbocycles. The van der Waals surface area contributed by atoms with Crippen molar-refractivity contribution in [3.63, 3.8) is 0 Å². The number of carbonyl (C=O) groups is 1. The summed E-state index contributed by atoms with van der Waals surface area (Å²) in [7, 11) is 0. The molecule has 0 aliphatic rings. The summed E-state index contributed by atoms with van der Waals surface area (Å²) in [4.78, 5) is 15.7. The molecule has 82 valence electrons. The average molecular weight is 233 g/mol. The highest BCUT2D eigenvalue weighted by Crippen LogP contribution is 2.26. The molecule has 0 aliphatic heterocycles. The number of nitrogens with zero attached hydrogens (tertiary/aromatic N) is 1. The third-order valence-corrected chi connectivity index (χ3v) is 3.11. The molecule has 1 N–H and O–H groups in total. The molecule has 0 aliphatic carbocycles. The van der Waals surface area contributed by atoms with Crippen molar-refractivity contribution in [1.29, 1.82) is 0 Å². The molecule has 1 aromatic heterocycles. The van der Waals surface area contributed by atoms with Gasteiger partial charge in [-0.25, -0.2) is 4.98 Å². The number of carboxylic acid groups (broad SMARTS) is 1. The second-order valence-electron chi connectivity index (χ2n) is 3.56. The van der Waals surface area contributed by atoms with Gasteiger partial charge < -0.3 is 5.11 Å². The molecule has 2 rings (SSSR count).